The molecule has 0 bridgehead atoms. The van der Waals surface area contributed by atoms with Crippen LogP contribution in [0.2, 0.25) is 0 Å². The van der Waals surface area contributed by atoms with E-state index in [0.29, 0.717) is 12.0 Å². The quantitative estimate of drug-likeness (QED) is 0.592. The van der Waals surface area contributed by atoms with Crippen molar-refractivity contribution in [1.82, 2.24) is 19.7 Å². The van der Waals surface area contributed by atoms with Gasteiger partial charge >= 0.3 is 0 Å². The normalized spacial score (nSPS) is 22.3. The second kappa shape index (κ2) is 11.2. The van der Waals surface area contributed by atoms with Crippen LogP contribution in [0.15, 0.2) is 30.3 Å². The average Bonchev–Trinajstić information content (AvgIpc) is 3.21. The Labute approximate surface area is 206 Å². The molecule has 34 heavy (non-hydrogen) atoms. The minimum absolute atomic E-state index is 0.0410. The molecule has 1 aromatic heterocycles. The van der Waals surface area contributed by atoms with Crippen LogP contribution in [0.4, 0.5) is 5.95 Å². The molecule has 2 aromatic rings. The first-order valence-electron chi connectivity index (χ1n) is 13.4. The largest absolute Gasteiger partial charge is 0.396 e. The van der Waals surface area contributed by atoms with Crippen molar-refractivity contribution in [1.29, 1.82) is 0 Å². The fourth-order valence-electron chi connectivity index (χ4n) is 5.87. The third-order valence-corrected chi connectivity index (χ3v) is 8.02. The van der Waals surface area contributed by atoms with E-state index in [1.165, 1.54) is 31.5 Å². The second-order valence-corrected chi connectivity index (χ2v) is 11.5. The van der Waals surface area contributed by atoms with E-state index in [2.05, 4.69) is 77.5 Å². The zero-order valence-electron chi connectivity index (χ0n) is 21.8. The Morgan fingerprint density at radius 1 is 1.06 bits per heavy atom. The highest BCUT2D eigenvalue weighted by Gasteiger charge is 2.36. The topological polar surface area (TPSA) is 57.4 Å². The van der Waals surface area contributed by atoms with Gasteiger partial charge < -0.3 is 10.0 Å². The highest BCUT2D eigenvalue weighted by Crippen LogP contribution is 2.36. The fourth-order valence-corrected chi connectivity index (χ4v) is 5.87. The Kier molecular flexibility index (Phi) is 8.30. The third kappa shape index (κ3) is 6.01. The lowest BCUT2D eigenvalue weighted by molar-refractivity contribution is 0.0954. The molecule has 0 saturated carbocycles. The van der Waals surface area contributed by atoms with Crippen LogP contribution in [0.1, 0.15) is 64.8 Å². The van der Waals surface area contributed by atoms with E-state index in [4.69, 9.17) is 5.10 Å². The van der Waals surface area contributed by atoms with Crippen molar-refractivity contribution in [2.24, 2.45) is 17.3 Å². The molecule has 3 heterocycles. The van der Waals surface area contributed by atoms with Crippen LogP contribution in [-0.2, 0) is 19.4 Å². The van der Waals surface area contributed by atoms with Gasteiger partial charge in [0.1, 0.15) is 5.82 Å². The summed E-state index contributed by atoms with van der Waals surface area (Å²) >= 11 is 0. The Hall–Kier alpha value is -1.92. The summed E-state index contributed by atoms with van der Waals surface area (Å²) < 4.78 is 2.41. The van der Waals surface area contributed by atoms with Crippen molar-refractivity contribution in [3.05, 3.63) is 41.7 Å². The lowest BCUT2D eigenvalue weighted by Gasteiger charge is -2.41. The van der Waals surface area contributed by atoms with Gasteiger partial charge in [0.15, 0.2) is 0 Å². The van der Waals surface area contributed by atoms with Gasteiger partial charge in [-0.25, -0.2) is 0 Å². The maximum absolute atomic E-state index is 10.3. The van der Waals surface area contributed by atoms with E-state index in [1.807, 2.05) is 0 Å². The van der Waals surface area contributed by atoms with Gasteiger partial charge in [-0.2, -0.15) is 0 Å². The molecule has 2 atom stereocenters. The Balaban J connectivity index is 1.48. The molecule has 0 spiro atoms. The monoisotopic (exact) mass is 467 g/mol. The molecule has 2 unspecified atom stereocenters. The lowest BCUT2D eigenvalue weighted by Crippen LogP contribution is -2.45. The molecule has 0 amide bonds. The molecule has 2 aliphatic rings. The molecule has 1 aromatic carbocycles. The molecule has 2 fully saturated rings. The molecular formula is C28H45N5O. The van der Waals surface area contributed by atoms with Gasteiger partial charge in [0, 0.05) is 50.7 Å². The molecule has 2 saturated heterocycles. The van der Waals surface area contributed by atoms with Crippen LogP contribution in [0.25, 0.3) is 0 Å². The number of aliphatic hydroxyl groups excluding tert-OH is 1. The Morgan fingerprint density at radius 3 is 2.44 bits per heavy atom. The Morgan fingerprint density at radius 2 is 1.79 bits per heavy atom. The van der Waals surface area contributed by atoms with Crippen LogP contribution in [-0.4, -0.2) is 63.6 Å². The molecule has 1 N–H and O–H groups in total. The van der Waals surface area contributed by atoms with Gasteiger partial charge in [-0.15, -0.1) is 10.2 Å². The summed E-state index contributed by atoms with van der Waals surface area (Å²) in [5, 5.41) is 19.7. The Bertz CT molecular complexity index is 887. The summed E-state index contributed by atoms with van der Waals surface area (Å²) in [4.78, 5) is 5.07. The number of aliphatic hydroxyl groups is 1. The number of hydrogen-bond donors (Lipinski definition) is 1. The molecule has 4 rings (SSSR count). The van der Waals surface area contributed by atoms with E-state index in [0.717, 1.165) is 63.0 Å². The van der Waals surface area contributed by atoms with Crippen molar-refractivity contribution in [2.45, 2.75) is 78.8 Å². The van der Waals surface area contributed by atoms with E-state index >= 15 is 0 Å². The number of aromatic nitrogens is 3. The molecule has 0 aliphatic carbocycles. The van der Waals surface area contributed by atoms with Crippen LogP contribution in [0.3, 0.4) is 0 Å². The second-order valence-electron chi connectivity index (χ2n) is 11.5. The molecule has 6 heteroatoms. The number of benzene rings is 1. The molecule has 0 radical (unpaired) electrons. The van der Waals surface area contributed by atoms with Gasteiger partial charge in [-0.05, 0) is 63.0 Å². The van der Waals surface area contributed by atoms with Crippen molar-refractivity contribution in [2.75, 3.05) is 37.7 Å². The van der Waals surface area contributed by atoms with Crippen LogP contribution in [0, 0.1) is 17.3 Å². The van der Waals surface area contributed by atoms with E-state index in [9.17, 15) is 5.11 Å². The van der Waals surface area contributed by atoms with E-state index in [1.54, 1.807) is 0 Å². The first kappa shape index (κ1) is 25.2. The van der Waals surface area contributed by atoms with Crippen LogP contribution >= 0.6 is 0 Å². The van der Waals surface area contributed by atoms with Gasteiger partial charge in [0.2, 0.25) is 5.95 Å². The zero-order valence-corrected chi connectivity index (χ0v) is 21.8. The molecule has 6 nitrogen and oxygen atoms in total. The van der Waals surface area contributed by atoms with E-state index in [-0.39, 0.29) is 12.0 Å². The standard InChI is InChI=1S/C28H45N5O/c1-22(2)17-26-29-30-27(33(26)20-24(4)32-14-8-9-23(3)19-32)31-15-12-28(21-34,13-16-31)18-25-10-6-5-7-11-25/h5-7,10-11,22-24,34H,8-9,12-21H2,1-4H3. The number of anilines is 1. The summed E-state index contributed by atoms with van der Waals surface area (Å²) in [6.45, 7) is 14.7. The predicted octanol–water partition coefficient (Wildman–Crippen LogP) is 4.42. The first-order chi connectivity index (χ1) is 16.4. The summed E-state index contributed by atoms with van der Waals surface area (Å²) in [5.41, 5.74) is 1.28. The molecular weight excluding hydrogens is 422 g/mol. The number of likely N-dealkylation sites (tertiary alicyclic amines) is 1. The highest BCUT2D eigenvalue weighted by atomic mass is 16.3. The minimum atomic E-state index is -0.0410. The number of nitrogens with zero attached hydrogens (tertiary/aromatic N) is 5. The van der Waals surface area contributed by atoms with Gasteiger partial charge in [0.05, 0.1) is 0 Å². The van der Waals surface area contributed by atoms with Gasteiger partial charge in [-0.3, -0.25) is 9.47 Å². The third-order valence-electron chi connectivity index (χ3n) is 8.02. The highest BCUT2D eigenvalue weighted by molar-refractivity contribution is 5.33. The van der Waals surface area contributed by atoms with E-state index < -0.39 is 0 Å². The summed E-state index contributed by atoms with van der Waals surface area (Å²) in [6.07, 6.45) is 6.50. The lowest BCUT2D eigenvalue weighted by atomic mass is 9.74. The van der Waals surface area contributed by atoms with Gasteiger partial charge in [0.25, 0.3) is 0 Å². The summed E-state index contributed by atoms with van der Waals surface area (Å²) in [5.74, 6) is 3.48. The zero-order chi connectivity index (χ0) is 24.1. The number of piperidine rings is 2. The van der Waals surface area contributed by atoms with Crippen molar-refractivity contribution in [3.8, 4) is 0 Å². The average molecular weight is 468 g/mol. The SMILES string of the molecule is CC(C)Cc1nnc(N2CCC(CO)(Cc3ccccc3)CC2)n1CC(C)N1CCCC(C)C1. The summed E-state index contributed by atoms with van der Waals surface area (Å²) in [7, 11) is 0. The van der Waals surface area contributed by atoms with Crippen molar-refractivity contribution < 1.29 is 5.11 Å². The summed E-state index contributed by atoms with van der Waals surface area (Å²) in [6, 6.07) is 11.1. The van der Waals surface area contributed by atoms with Crippen LogP contribution in [0.5, 0.6) is 0 Å². The molecule has 2 aliphatic heterocycles. The van der Waals surface area contributed by atoms with Crippen molar-refractivity contribution >= 4 is 5.95 Å². The fraction of sp³-hybridized carbons (Fsp3) is 0.714. The van der Waals surface area contributed by atoms with Gasteiger partial charge in [-0.1, -0.05) is 51.1 Å². The van der Waals surface area contributed by atoms with Crippen molar-refractivity contribution in [3.63, 3.8) is 0 Å². The number of rotatable bonds is 9. The maximum Gasteiger partial charge on any atom is 0.227 e. The first-order valence-corrected chi connectivity index (χ1v) is 13.4. The molecule has 188 valence electrons. The van der Waals surface area contributed by atoms with Crippen LogP contribution < -0.4 is 4.90 Å². The minimum Gasteiger partial charge on any atom is -0.396 e. The maximum atomic E-state index is 10.3. The predicted molar refractivity (Wildman–Crippen MR) is 139 cm³/mol. The number of hydrogen-bond acceptors (Lipinski definition) is 5. The smallest absolute Gasteiger partial charge is 0.227 e.